The van der Waals surface area contributed by atoms with Gasteiger partial charge < -0.3 is 15.5 Å². The lowest BCUT2D eigenvalue weighted by atomic mass is 10.1. The van der Waals surface area contributed by atoms with Crippen molar-refractivity contribution in [3.8, 4) is 0 Å². The number of thiophene rings is 1. The van der Waals surface area contributed by atoms with Crippen molar-refractivity contribution in [3.05, 3.63) is 52.2 Å². The fourth-order valence-electron chi connectivity index (χ4n) is 3.21. The lowest BCUT2D eigenvalue weighted by Gasteiger charge is -2.34. The van der Waals surface area contributed by atoms with E-state index in [1.165, 1.54) is 16.9 Å². The van der Waals surface area contributed by atoms with Crippen LogP contribution in [0.2, 0.25) is 0 Å². The average Bonchev–Trinajstić information content (AvgIpc) is 3.25. The quantitative estimate of drug-likeness (QED) is 0.750. The molecule has 1 aromatic carbocycles. The van der Waals surface area contributed by atoms with Crippen LogP contribution in [0.5, 0.6) is 0 Å². The molecule has 1 atom stereocenters. The fraction of sp³-hybridized carbons (Fsp3) is 0.429. The number of nitrogens with one attached hydrogen (secondary N) is 2. The van der Waals surface area contributed by atoms with E-state index in [9.17, 15) is 9.59 Å². The van der Waals surface area contributed by atoms with Gasteiger partial charge in [-0.3, -0.25) is 14.5 Å². The van der Waals surface area contributed by atoms with Gasteiger partial charge in [-0.1, -0.05) is 25.1 Å². The maximum Gasteiger partial charge on any atom is 0.261 e. The summed E-state index contributed by atoms with van der Waals surface area (Å²) in [6.45, 7) is 10.4. The van der Waals surface area contributed by atoms with E-state index in [1.54, 1.807) is 13.0 Å². The molecule has 7 heteroatoms. The number of amides is 2. The molecule has 2 aromatic rings. The molecule has 6 nitrogen and oxygen atoms in total. The van der Waals surface area contributed by atoms with Crippen LogP contribution < -0.4 is 10.6 Å². The number of piperazine rings is 1. The third kappa shape index (κ3) is 5.64. The second-order valence-corrected chi connectivity index (χ2v) is 8.02. The second-order valence-electron chi connectivity index (χ2n) is 7.07. The van der Waals surface area contributed by atoms with Crippen molar-refractivity contribution in [2.75, 3.05) is 38.0 Å². The number of carbonyl (C=O) groups excluding carboxylic acids is 2. The van der Waals surface area contributed by atoms with Crippen LogP contribution >= 0.6 is 11.3 Å². The first-order valence-corrected chi connectivity index (χ1v) is 10.6. The van der Waals surface area contributed by atoms with E-state index in [4.69, 9.17) is 0 Å². The molecular weight excluding hydrogens is 372 g/mol. The summed E-state index contributed by atoms with van der Waals surface area (Å²) in [4.78, 5) is 29.9. The van der Waals surface area contributed by atoms with Gasteiger partial charge in [-0.05, 0) is 42.6 Å². The molecule has 1 unspecified atom stereocenters. The first-order chi connectivity index (χ1) is 13.5. The number of anilines is 1. The minimum absolute atomic E-state index is 0.226. The molecule has 0 radical (unpaired) electrons. The molecule has 1 aliphatic rings. The highest BCUT2D eigenvalue weighted by Crippen LogP contribution is 2.14. The Morgan fingerprint density at radius 3 is 2.36 bits per heavy atom. The molecule has 1 aromatic heterocycles. The smallest absolute Gasteiger partial charge is 0.261 e. The third-order valence-corrected chi connectivity index (χ3v) is 5.89. The van der Waals surface area contributed by atoms with Crippen molar-refractivity contribution >= 4 is 28.8 Å². The van der Waals surface area contributed by atoms with Crippen LogP contribution in [0.3, 0.4) is 0 Å². The van der Waals surface area contributed by atoms with Crippen LogP contribution in [0.4, 0.5) is 5.69 Å². The summed E-state index contributed by atoms with van der Waals surface area (Å²) in [5, 5.41) is 7.43. The molecule has 150 valence electrons. The summed E-state index contributed by atoms with van der Waals surface area (Å²) < 4.78 is 0. The van der Waals surface area contributed by atoms with Crippen molar-refractivity contribution < 1.29 is 9.59 Å². The van der Waals surface area contributed by atoms with E-state index in [2.05, 4.69) is 39.5 Å². The molecule has 1 saturated heterocycles. The largest absolute Gasteiger partial charge is 0.340 e. The van der Waals surface area contributed by atoms with E-state index < -0.39 is 6.04 Å². The van der Waals surface area contributed by atoms with Gasteiger partial charge in [-0.25, -0.2) is 0 Å². The second kappa shape index (κ2) is 9.82. The van der Waals surface area contributed by atoms with Gasteiger partial charge >= 0.3 is 0 Å². The van der Waals surface area contributed by atoms with Crippen LogP contribution in [-0.2, 0) is 11.3 Å². The molecule has 0 aliphatic carbocycles. The first-order valence-electron chi connectivity index (χ1n) is 9.74. The fourth-order valence-corrected chi connectivity index (χ4v) is 3.83. The molecule has 28 heavy (non-hydrogen) atoms. The van der Waals surface area contributed by atoms with Gasteiger partial charge in [0.2, 0.25) is 5.91 Å². The molecular formula is C21H28N4O2S. The SMILES string of the molecule is CCN1CCN(Cc2ccc(NC(=O)C(C)NC(=O)c3cccs3)cc2)CC1. The van der Waals surface area contributed by atoms with Gasteiger partial charge in [0.15, 0.2) is 0 Å². The number of nitrogens with zero attached hydrogens (tertiary/aromatic N) is 2. The maximum absolute atomic E-state index is 12.3. The molecule has 3 rings (SSSR count). The van der Waals surface area contributed by atoms with Crippen LogP contribution in [-0.4, -0.2) is 60.4 Å². The van der Waals surface area contributed by atoms with Crippen molar-refractivity contribution in [1.82, 2.24) is 15.1 Å². The normalized spacial score (nSPS) is 16.5. The van der Waals surface area contributed by atoms with Gasteiger partial charge in [-0.2, -0.15) is 0 Å². The summed E-state index contributed by atoms with van der Waals surface area (Å²) in [7, 11) is 0. The molecule has 0 bridgehead atoms. The van der Waals surface area contributed by atoms with Crippen molar-refractivity contribution in [2.45, 2.75) is 26.4 Å². The summed E-state index contributed by atoms with van der Waals surface area (Å²) in [6.07, 6.45) is 0. The van der Waals surface area contributed by atoms with E-state index in [0.29, 0.717) is 4.88 Å². The number of hydrogen-bond acceptors (Lipinski definition) is 5. The van der Waals surface area contributed by atoms with Crippen molar-refractivity contribution in [3.63, 3.8) is 0 Å². The molecule has 0 spiro atoms. The Hall–Kier alpha value is -2.22. The monoisotopic (exact) mass is 400 g/mol. The number of benzene rings is 1. The van der Waals surface area contributed by atoms with E-state index >= 15 is 0 Å². The van der Waals surface area contributed by atoms with Crippen LogP contribution in [0, 0.1) is 0 Å². The predicted molar refractivity (Wildman–Crippen MR) is 114 cm³/mol. The Morgan fingerprint density at radius 1 is 1.07 bits per heavy atom. The van der Waals surface area contributed by atoms with Crippen LogP contribution in [0.15, 0.2) is 41.8 Å². The Balaban J connectivity index is 1.47. The lowest BCUT2D eigenvalue weighted by molar-refractivity contribution is -0.117. The lowest BCUT2D eigenvalue weighted by Crippen LogP contribution is -2.45. The average molecular weight is 401 g/mol. The highest BCUT2D eigenvalue weighted by molar-refractivity contribution is 7.12. The first kappa shape index (κ1) is 20.5. The highest BCUT2D eigenvalue weighted by Gasteiger charge is 2.18. The molecule has 1 fully saturated rings. The van der Waals surface area contributed by atoms with Crippen LogP contribution in [0.25, 0.3) is 0 Å². The van der Waals surface area contributed by atoms with Gasteiger partial charge in [0.1, 0.15) is 6.04 Å². The third-order valence-electron chi connectivity index (χ3n) is 5.03. The summed E-state index contributed by atoms with van der Waals surface area (Å²) in [5.41, 5.74) is 1.98. The van der Waals surface area contributed by atoms with Crippen molar-refractivity contribution in [2.24, 2.45) is 0 Å². The van der Waals surface area contributed by atoms with E-state index in [-0.39, 0.29) is 11.8 Å². The summed E-state index contributed by atoms with van der Waals surface area (Å²) >= 11 is 1.36. The number of carbonyl (C=O) groups is 2. The zero-order valence-corrected chi connectivity index (χ0v) is 17.3. The topological polar surface area (TPSA) is 64.7 Å². The van der Waals surface area contributed by atoms with E-state index in [1.807, 2.05) is 23.6 Å². The standard InChI is InChI=1S/C21H28N4O2S/c1-3-24-10-12-25(13-11-24)15-17-6-8-18(9-7-17)23-20(26)16(2)22-21(27)19-5-4-14-28-19/h4-9,14,16H,3,10-13,15H2,1-2H3,(H,22,27)(H,23,26). The number of hydrogen-bond donors (Lipinski definition) is 2. The maximum atomic E-state index is 12.3. The Bertz CT molecular complexity index is 768. The molecule has 2 amide bonds. The Labute approximate surface area is 170 Å². The van der Waals surface area contributed by atoms with Gasteiger partial charge in [0, 0.05) is 38.4 Å². The molecule has 1 aliphatic heterocycles. The minimum atomic E-state index is -0.607. The predicted octanol–water partition coefficient (Wildman–Crippen LogP) is 2.64. The Morgan fingerprint density at radius 2 is 1.75 bits per heavy atom. The van der Waals surface area contributed by atoms with Gasteiger partial charge in [0.05, 0.1) is 4.88 Å². The Kier molecular flexibility index (Phi) is 7.19. The number of rotatable bonds is 7. The molecule has 0 saturated carbocycles. The zero-order valence-electron chi connectivity index (χ0n) is 16.5. The summed E-state index contributed by atoms with van der Waals surface area (Å²) in [5.74, 6) is -0.454. The van der Waals surface area contributed by atoms with Crippen LogP contribution in [0.1, 0.15) is 29.1 Å². The van der Waals surface area contributed by atoms with Crippen molar-refractivity contribution in [1.29, 1.82) is 0 Å². The van der Waals surface area contributed by atoms with E-state index in [0.717, 1.165) is 45.0 Å². The summed E-state index contributed by atoms with van der Waals surface area (Å²) in [6, 6.07) is 10.9. The molecule has 2 heterocycles. The number of likely N-dealkylation sites (N-methyl/N-ethyl adjacent to an activating group) is 1. The zero-order chi connectivity index (χ0) is 19.9. The molecule has 2 N–H and O–H groups in total. The minimum Gasteiger partial charge on any atom is -0.340 e. The van der Waals surface area contributed by atoms with Gasteiger partial charge in [-0.15, -0.1) is 11.3 Å². The highest BCUT2D eigenvalue weighted by atomic mass is 32.1. The van der Waals surface area contributed by atoms with Gasteiger partial charge in [0.25, 0.3) is 5.91 Å².